The standard InChI is InChI=1S/C23H28N2O4S/c1-28-19-8-7-17(15-20(19)29-2)18-5-3-11-25(18)22(26)16-9-12-24(13-10-16)23(27)21-6-4-14-30-21/h4,6-8,14-16,18H,3,5,9-13H2,1-2H3/t18-/m1/s1. The van der Waals surface area contributed by atoms with Gasteiger partial charge in [0.2, 0.25) is 5.91 Å². The fourth-order valence-corrected chi connectivity index (χ4v) is 5.25. The van der Waals surface area contributed by atoms with Crippen LogP contribution in [0, 0.1) is 5.92 Å². The molecule has 0 saturated carbocycles. The van der Waals surface area contributed by atoms with Crippen LogP contribution in [-0.4, -0.2) is 55.5 Å². The van der Waals surface area contributed by atoms with E-state index in [4.69, 9.17) is 9.47 Å². The highest BCUT2D eigenvalue weighted by atomic mass is 32.1. The van der Waals surface area contributed by atoms with Crippen molar-refractivity contribution in [3.8, 4) is 11.5 Å². The Morgan fingerprint density at radius 2 is 1.77 bits per heavy atom. The fourth-order valence-electron chi connectivity index (χ4n) is 4.56. The summed E-state index contributed by atoms with van der Waals surface area (Å²) in [6.07, 6.45) is 3.41. The molecule has 7 heteroatoms. The maximum absolute atomic E-state index is 13.3. The smallest absolute Gasteiger partial charge is 0.263 e. The highest BCUT2D eigenvalue weighted by Gasteiger charge is 2.36. The van der Waals surface area contributed by atoms with Crippen LogP contribution in [0.2, 0.25) is 0 Å². The zero-order chi connectivity index (χ0) is 21.1. The maximum Gasteiger partial charge on any atom is 0.263 e. The third-order valence-electron chi connectivity index (χ3n) is 6.19. The molecule has 1 atom stereocenters. The van der Waals surface area contributed by atoms with Crippen LogP contribution in [0.4, 0.5) is 0 Å². The Hall–Kier alpha value is -2.54. The van der Waals surface area contributed by atoms with E-state index in [0.29, 0.717) is 24.6 Å². The Balaban J connectivity index is 1.41. The number of likely N-dealkylation sites (tertiary alicyclic amines) is 2. The molecular weight excluding hydrogens is 400 g/mol. The van der Waals surface area contributed by atoms with E-state index in [1.165, 1.54) is 11.3 Å². The molecule has 1 aromatic carbocycles. The maximum atomic E-state index is 13.3. The molecule has 0 bridgehead atoms. The lowest BCUT2D eigenvalue weighted by atomic mass is 9.94. The number of benzene rings is 1. The third kappa shape index (κ3) is 4.03. The van der Waals surface area contributed by atoms with Gasteiger partial charge in [0.1, 0.15) is 0 Å². The quantitative estimate of drug-likeness (QED) is 0.723. The van der Waals surface area contributed by atoms with Crippen molar-refractivity contribution in [1.82, 2.24) is 9.80 Å². The van der Waals surface area contributed by atoms with Crippen molar-refractivity contribution < 1.29 is 19.1 Å². The number of nitrogens with zero attached hydrogens (tertiary/aromatic N) is 2. The monoisotopic (exact) mass is 428 g/mol. The van der Waals surface area contributed by atoms with Crippen LogP contribution in [0.5, 0.6) is 11.5 Å². The molecule has 0 N–H and O–H groups in total. The van der Waals surface area contributed by atoms with Crippen LogP contribution in [-0.2, 0) is 4.79 Å². The molecule has 2 aromatic rings. The first-order chi connectivity index (χ1) is 14.6. The van der Waals surface area contributed by atoms with Gasteiger partial charge in [-0.2, -0.15) is 0 Å². The fraction of sp³-hybridized carbons (Fsp3) is 0.478. The van der Waals surface area contributed by atoms with Gasteiger partial charge in [-0.05, 0) is 54.8 Å². The molecule has 3 heterocycles. The number of thiophene rings is 1. The Labute approximate surface area is 181 Å². The molecule has 30 heavy (non-hydrogen) atoms. The minimum absolute atomic E-state index is 0.0156. The summed E-state index contributed by atoms with van der Waals surface area (Å²) in [7, 11) is 3.25. The van der Waals surface area contributed by atoms with Crippen LogP contribution < -0.4 is 9.47 Å². The lowest BCUT2D eigenvalue weighted by Gasteiger charge is -2.35. The van der Waals surface area contributed by atoms with Crippen molar-refractivity contribution in [1.29, 1.82) is 0 Å². The van der Waals surface area contributed by atoms with Crippen molar-refractivity contribution in [2.24, 2.45) is 5.92 Å². The second-order valence-corrected chi connectivity index (χ2v) is 8.80. The normalized spacial score (nSPS) is 19.7. The van der Waals surface area contributed by atoms with Gasteiger partial charge in [0.15, 0.2) is 11.5 Å². The summed E-state index contributed by atoms with van der Waals surface area (Å²) in [5.41, 5.74) is 1.09. The van der Waals surface area contributed by atoms with Crippen molar-refractivity contribution in [2.45, 2.75) is 31.7 Å². The molecule has 4 rings (SSSR count). The number of carbonyl (C=O) groups is 2. The zero-order valence-corrected chi connectivity index (χ0v) is 18.3. The average molecular weight is 429 g/mol. The van der Waals surface area contributed by atoms with Crippen molar-refractivity contribution >= 4 is 23.2 Å². The largest absolute Gasteiger partial charge is 0.493 e. The molecule has 0 aliphatic carbocycles. The summed E-state index contributed by atoms with van der Waals surface area (Å²) in [5.74, 6) is 1.67. The van der Waals surface area contributed by atoms with E-state index >= 15 is 0 Å². The second-order valence-electron chi connectivity index (χ2n) is 7.85. The number of amides is 2. The molecule has 2 fully saturated rings. The van der Waals surface area contributed by atoms with E-state index in [0.717, 1.165) is 42.7 Å². The van der Waals surface area contributed by atoms with Crippen LogP contribution >= 0.6 is 11.3 Å². The van der Waals surface area contributed by atoms with E-state index in [9.17, 15) is 9.59 Å². The first-order valence-corrected chi connectivity index (χ1v) is 11.4. The first kappa shape index (κ1) is 20.7. The number of rotatable bonds is 5. The van der Waals surface area contributed by atoms with Crippen LogP contribution in [0.3, 0.4) is 0 Å². The number of methoxy groups -OCH3 is 2. The molecular formula is C23H28N2O4S. The predicted octanol–water partition coefficient (Wildman–Crippen LogP) is 3.98. The molecule has 2 aliphatic rings. The first-order valence-electron chi connectivity index (χ1n) is 10.5. The van der Waals surface area contributed by atoms with E-state index in [2.05, 4.69) is 0 Å². The Morgan fingerprint density at radius 1 is 1.00 bits per heavy atom. The third-order valence-corrected chi connectivity index (χ3v) is 7.05. The SMILES string of the molecule is COc1ccc([C@H]2CCCN2C(=O)C2CCN(C(=O)c3cccs3)CC2)cc1OC. The summed E-state index contributed by atoms with van der Waals surface area (Å²) in [5, 5.41) is 1.92. The van der Waals surface area contributed by atoms with Gasteiger partial charge in [0.05, 0.1) is 25.1 Å². The molecule has 0 radical (unpaired) electrons. The van der Waals surface area contributed by atoms with E-state index in [1.54, 1.807) is 14.2 Å². The van der Waals surface area contributed by atoms with Crippen molar-refractivity contribution in [2.75, 3.05) is 33.9 Å². The number of piperidine rings is 1. The molecule has 160 valence electrons. The van der Waals surface area contributed by atoms with Gasteiger partial charge in [-0.3, -0.25) is 9.59 Å². The highest BCUT2D eigenvalue weighted by Crippen LogP contribution is 2.38. The van der Waals surface area contributed by atoms with Gasteiger partial charge in [-0.25, -0.2) is 0 Å². The minimum Gasteiger partial charge on any atom is -0.493 e. The van der Waals surface area contributed by atoms with Crippen LogP contribution in [0.15, 0.2) is 35.7 Å². The van der Waals surface area contributed by atoms with E-state index in [1.807, 2.05) is 45.5 Å². The molecule has 2 aliphatic heterocycles. The number of hydrogen-bond donors (Lipinski definition) is 0. The second kappa shape index (κ2) is 9.08. The predicted molar refractivity (Wildman–Crippen MR) is 116 cm³/mol. The highest BCUT2D eigenvalue weighted by molar-refractivity contribution is 7.12. The molecule has 2 saturated heterocycles. The zero-order valence-electron chi connectivity index (χ0n) is 17.5. The summed E-state index contributed by atoms with van der Waals surface area (Å²) < 4.78 is 10.8. The summed E-state index contributed by atoms with van der Waals surface area (Å²) in [4.78, 5) is 30.6. The Bertz CT molecular complexity index is 891. The van der Waals surface area contributed by atoms with Crippen molar-refractivity contribution in [3.63, 3.8) is 0 Å². The number of ether oxygens (including phenoxy) is 2. The summed E-state index contributed by atoms with van der Waals surface area (Å²) in [6, 6.07) is 9.75. The minimum atomic E-state index is -0.0156. The van der Waals surface area contributed by atoms with Gasteiger partial charge in [-0.15, -0.1) is 11.3 Å². The molecule has 6 nitrogen and oxygen atoms in total. The van der Waals surface area contributed by atoms with Gasteiger partial charge in [-0.1, -0.05) is 12.1 Å². The summed E-state index contributed by atoms with van der Waals surface area (Å²) >= 11 is 1.47. The Morgan fingerprint density at radius 3 is 2.43 bits per heavy atom. The van der Waals surface area contributed by atoms with Crippen molar-refractivity contribution in [3.05, 3.63) is 46.2 Å². The van der Waals surface area contributed by atoms with Gasteiger partial charge >= 0.3 is 0 Å². The molecule has 0 unspecified atom stereocenters. The topological polar surface area (TPSA) is 59.1 Å². The number of carbonyl (C=O) groups excluding carboxylic acids is 2. The Kier molecular flexibility index (Phi) is 6.27. The van der Waals surface area contributed by atoms with Crippen LogP contribution in [0.1, 0.15) is 47.0 Å². The molecule has 1 aromatic heterocycles. The van der Waals surface area contributed by atoms with E-state index in [-0.39, 0.29) is 23.8 Å². The average Bonchev–Trinajstić information content (AvgIpc) is 3.50. The van der Waals surface area contributed by atoms with Gasteiger partial charge in [0, 0.05) is 25.6 Å². The lowest BCUT2D eigenvalue weighted by molar-refractivity contribution is -0.137. The van der Waals surface area contributed by atoms with E-state index < -0.39 is 0 Å². The van der Waals surface area contributed by atoms with Gasteiger partial charge in [0.25, 0.3) is 5.91 Å². The van der Waals surface area contributed by atoms with Crippen LogP contribution in [0.25, 0.3) is 0 Å². The molecule has 0 spiro atoms. The summed E-state index contributed by atoms with van der Waals surface area (Å²) in [6.45, 7) is 2.07. The number of hydrogen-bond acceptors (Lipinski definition) is 5. The van der Waals surface area contributed by atoms with Gasteiger partial charge < -0.3 is 19.3 Å². The molecule has 2 amide bonds. The lowest BCUT2D eigenvalue weighted by Crippen LogP contribution is -2.44.